The van der Waals surface area contributed by atoms with Crippen molar-refractivity contribution >= 4 is 0 Å². The van der Waals surface area contributed by atoms with Crippen LogP contribution >= 0.6 is 0 Å². The SMILES string of the molecule is CCCCc1cc2c(O)c-2c1. The van der Waals surface area contributed by atoms with Crippen molar-refractivity contribution in [3.05, 3.63) is 17.7 Å². The van der Waals surface area contributed by atoms with Crippen LogP contribution in [0.4, 0.5) is 0 Å². The van der Waals surface area contributed by atoms with Gasteiger partial charge in [-0.3, -0.25) is 0 Å². The highest BCUT2D eigenvalue weighted by Crippen LogP contribution is 2.51. The fourth-order valence-electron chi connectivity index (χ4n) is 1.44. The number of phenolic OH excluding ortho intramolecular Hbond substituents is 1. The van der Waals surface area contributed by atoms with E-state index in [9.17, 15) is 0 Å². The van der Waals surface area contributed by atoms with Crippen molar-refractivity contribution in [2.75, 3.05) is 0 Å². The summed E-state index contributed by atoms with van der Waals surface area (Å²) in [5, 5.41) is 9.06. The second-order valence-electron chi connectivity index (χ2n) is 3.14. The summed E-state index contributed by atoms with van der Waals surface area (Å²) < 4.78 is 0. The van der Waals surface area contributed by atoms with Gasteiger partial charge in [-0.05, 0) is 30.5 Å². The first-order valence-corrected chi connectivity index (χ1v) is 4.19. The lowest BCUT2D eigenvalue weighted by Crippen LogP contribution is -1.78. The summed E-state index contributed by atoms with van der Waals surface area (Å²) in [6.07, 6.45) is 3.66. The van der Waals surface area contributed by atoms with E-state index in [-0.39, 0.29) is 0 Å². The van der Waals surface area contributed by atoms with E-state index in [0.29, 0.717) is 5.75 Å². The highest BCUT2D eigenvalue weighted by molar-refractivity contribution is 5.95. The number of benzene rings is 1. The fraction of sp³-hybridized carbons (Fsp3) is 0.400. The van der Waals surface area contributed by atoms with E-state index in [2.05, 4.69) is 19.1 Å². The first kappa shape index (κ1) is 6.71. The Balaban J connectivity index is 2.03. The largest absolute Gasteiger partial charge is 0.507 e. The molecule has 1 N–H and O–H groups in total. The molecule has 2 rings (SSSR count). The van der Waals surface area contributed by atoms with Crippen LogP contribution in [-0.2, 0) is 6.42 Å². The van der Waals surface area contributed by atoms with Crippen molar-refractivity contribution in [1.82, 2.24) is 0 Å². The predicted octanol–water partition coefficient (Wildman–Crippen LogP) is 2.72. The highest BCUT2D eigenvalue weighted by Gasteiger charge is 2.24. The summed E-state index contributed by atoms with van der Waals surface area (Å²) in [5.74, 6) is 0.519. The quantitative estimate of drug-likeness (QED) is 0.709. The Hall–Kier alpha value is -0.980. The number of hydrogen-bond acceptors (Lipinski definition) is 1. The standard InChI is InChI=1S/C10H12O/c1-2-3-4-7-5-8-9(6-7)10(8)11/h5-6,11H,2-4H2,1H3. The van der Waals surface area contributed by atoms with Crippen LogP contribution in [0.3, 0.4) is 0 Å². The summed E-state index contributed by atoms with van der Waals surface area (Å²) >= 11 is 0. The highest BCUT2D eigenvalue weighted by atomic mass is 16.3. The van der Waals surface area contributed by atoms with E-state index < -0.39 is 0 Å². The van der Waals surface area contributed by atoms with Crippen LogP contribution in [0, 0.1) is 0 Å². The van der Waals surface area contributed by atoms with Gasteiger partial charge in [-0.2, -0.15) is 0 Å². The monoisotopic (exact) mass is 148 g/mol. The van der Waals surface area contributed by atoms with Crippen molar-refractivity contribution in [2.45, 2.75) is 26.2 Å². The number of fused-ring (bicyclic) bond motifs is 1. The summed E-state index contributed by atoms with van der Waals surface area (Å²) in [6.45, 7) is 2.19. The predicted molar refractivity (Wildman–Crippen MR) is 45.7 cm³/mol. The number of unbranched alkanes of at least 4 members (excludes halogenated alkanes) is 1. The minimum atomic E-state index is 0.519. The first-order valence-electron chi connectivity index (χ1n) is 4.19. The minimum absolute atomic E-state index is 0.519. The van der Waals surface area contributed by atoms with Crippen LogP contribution in [-0.4, -0.2) is 5.11 Å². The van der Waals surface area contributed by atoms with Crippen molar-refractivity contribution in [1.29, 1.82) is 0 Å². The smallest absolute Gasteiger partial charge is 0.131 e. The van der Waals surface area contributed by atoms with Crippen molar-refractivity contribution in [3.8, 4) is 16.9 Å². The van der Waals surface area contributed by atoms with E-state index in [4.69, 9.17) is 5.11 Å². The Kier molecular flexibility index (Phi) is 1.38. The average molecular weight is 148 g/mol. The third-order valence-electron chi connectivity index (χ3n) is 2.22. The molecule has 0 fully saturated rings. The van der Waals surface area contributed by atoms with Crippen LogP contribution in [0.5, 0.6) is 5.75 Å². The van der Waals surface area contributed by atoms with Gasteiger partial charge in [-0.25, -0.2) is 0 Å². The van der Waals surface area contributed by atoms with Gasteiger partial charge in [0.2, 0.25) is 0 Å². The Bertz CT molecular complexity index is 266. The van der Waals surface area contributed by atoms with Crippen molar-refractivity contribution < 1.29 is 5.11 Å². The van der Waals surface area contributed by atoms with Crippen LogP contribution in [0.2, 0.25) is 0 Å². The second kappa shape index (κ2) is 2.26. The topological polar surface area (TPSA) is 20.2 Å². The molecule has 0 atom stereocenters. The van der Waals surface area contributed by atoms with Crippen molar-refractivity contribution in [3.63, 3.8) is 0 Å². The summed E-state index contributed by atoms with van der Waals surface area (Å²) in [4.78, 5) is 0. The lowest BCUT2D eigenvalue weighted by atomic mass is 10.1. The van der Waals surface area contributed by atoms with E-state index in [1.807, 2.05) is 0 Å². The van der Waals surface area contributed by atoms with Gasteiger partial charge < -0.3 is 5.11 Å². The normalized spacial score (nSPS) is 11.7. The van der Waals surface area contributed by atoms with Gasteiger partial charge in [0.05, 0.1) is 0 Å². The molecule has 0 saturated heterocycles. The van der Waals surface area contributed by atoms with E-state index in [0.717, 1.165) is 17.5 Å². The summed E-state index contributed by atoms with van der Waals surface area (Å²) in [6, 6.07) is 4.20. The molecule has 2 aliphatic rings. The molecule has 0 amide bonds. The Morgan fingerprint density at radius 1 is 1.27 bits per heavy atom. The Morgan fingerprint density at radius 2 is 1.91 bits per heavy atom. The van der Waals surface area contributed by atoms with Crippen LogP contribution in [0.15, 0.2) is 12.1 Å². The van der Waals surface area contributed by atoms with Gasteiger partial charge >= 0.3 is 0 Å². The summed E-state index contributed by atoms with van der Waals surface area (Å²) in [5.41, 5.74) is 3.54. The third kappa shape index (κ3) is 1.01. The molecule has 0 aromatic carbocycles. The molecule has 1 heteroatoms. The lowest BCUT2D eigenvalue weighted by Gasteiger charge is -1.92. The fourth-order valence-corrected chi connectivity index (χ4v) is 1.44. The van der Waals surface area contributed by atoms with E-state index in [1.165, 1.54) is 18.4 Å². The second-order valence-corrected chi connectivity index (χ2v) is 3.14. The maximum Gasteiger partial charge on any atom is 0.131 e. The minimum Gasteiger partial charge on any atom is -0.507 e. The maximum atomic E-state index is 9.06. The van der Waals surface area contributed by atoms with Crippen LogP contribution in [0.1, 0.15) is 25.3 Å². The zero-order valence-electron chi connectivity index (χ0n) is 6.72. The first-order chi connectivity index (χ1) is 5.33. The van der Waals surface area contributed by atoms with Gasteiger partial charge in [0.1, 0.15) is 5.75 Å². The molecule has 2 aliphatic carbocycles. The van der Waals surface area contributed by atoms with Gasteiger partial charge in [-0.15, -0.1) is 0 Å². The molecule has 11 heavy (non-hydrogen) atoms. The van der Waals surface area contributed by atoms with Gasteiger partial charge in [0, 0.05) is 11.1 Å². The number of aromatic hydroxyl groups is 1. The average Bonchev–Trinajstić information content (AvgIpc) is 2.54. The number of hydrogen-bond donors (Lipinski definition) is 1. The Morgan fingerprint density at radius 3 is 2.45 bits per heavy atom. The van der Waals surface area contributed by atoms with Gasteiger partial charge in [0.25, 0.3) is 0 Å². The van der Waals surface area contributed by atoms with E-state index in [1.54, 1.807) is 0 Å². The molecule has 0 bridgehead atoms. The molecular weight excluding hydrogens is 136 g/mol. The van der Waals surface area contributed by atoms with E-state index >= 15 is 0 Å². The molecule has 1 nitrogen and oxygen atoms in total. The number of aryl methyl sites for hydroxylation is 1. The number of phenols is 1. The molecule has 0 spiro atoms. The summed E-state index contributed by atoms with van der Waals surface area (Å²) in [7, 11) is 0. The third-order valence-corrected chi connectivity index (χ3v) is 2.22. The molecule has 0 unspecified atom stereocenters. The molecule has 0 aromatic heterocycles. The number of rotatable bonds is 3. The van der Waals surface area contributed by atoms with Gasteiger partial charge in [0.15, 0.2) is 0 Å². The maximum absolute atomic E-state index is 9.06. The molecule has 58 valence electrons. The van der Waals surface area contributed by atoms with Gasteiger partial charge in [-0.1, -0.05) is 13.3 Å². The zero-order chi connectivity index (χ0) is 7.84. The molecule has 0 saturated carbocycles. The molecule has 0 heterocycles. The zero-order valence-corrected chi connectivity index (χ0v) is 6.72. The van der Waals surface area contributed by atoms with Crippen LogP contribution in [0.25, 0.3) is 11.1 Å². The van der Waals surface area contributed by atoms with Crippen molar-refractivity contribution in [2.24, 2.45) is 0 Å². The lowest BCUT2D eigenvalue weighted by molar-refractivity contribution is 0.494. The Labute approximate surface area is 66.7 Å². The molecule has 0 aliphatic heterocycles. The van der Waals surface area contributed by atoms with Crippen LogP contribution < -0.4 is 0 Å². The molecular formula is C10H12O. The molecule has 0 radical (unpaired) electrons. The molecule has 0 aromatic rings.